The Labute approximate surface area is 116 Å². The van der Waals surface area contributed by atoms with E-state index < -0.39 is 5.91 Å². The molecule has 1 amide bonds. The number of carbonyl (C=O) groups is 1. The molecule has 2 N–H and O–H groups in total. The van der Waals surface area contributed by atoms with Gasteiger partial charge in [0, 0.05) is 10.7 Å². The van der Waals surface area contributed by atoms with Crippen molar-refractivity contribution in [3.05, 3.63) is 65.2 Å². The van der Waals surface area contributed by atoms with Crippen LogP contribution in [0, 0.1) is 0 Å². The van der Waals surface area contributed by atoms with E-state index in [2.05, 4.69) is 11.9 Å². The van der Waals surface area contributed by atoms with Gasteiger partial charge in [-0.1, -0.05) is 36.4 Å². The lowest BCUT2D eigenvalue weighted by Crippen LogP contribution is -2.12. The maximum absolute atomic E-state index is 12.0. The minimum absolute atomic E-state index is 0.109. The van der Waals surface area contributed by atoms with Crippen molar-refractivity contribution in [1.82, 2.24) is 0 Å². The zero-order valence-corrected chi connectivity index (χ0v) is 10.8. The number of amides is 1. The second-order valence-corrected chi connectivity index (χ2v) is 4.38. The Kier molecular flexibility index (Phi) is 3.88. The lowest BCUT2D eigenvalue weighted by atomic mass is 10.1. The fourth-order valence-electron chi connectivity index (χ4n) is 1.63. The molecule has 0 saturated heterocycles. The van der Waals surface area contributed by atoms with E-state index in [0.29, 0.717) is 10.7 Å². The van der Waals surface area contributed by atoms with Gasteiger partial charge in [0.1, 0.15) is 5.75 Å². The Balaban J connectivity index is 2.25. The van der Waals surface area contributed by atoms with E-state index >= 15 is 0 Å². The number of phenolic OH excluding ortho intramolecular Hbond substituents is 1. The monoisotopic (exact) mass is 273 g/mol. The number of phenols is 1. The maximum Gasteiger partial charge on any atom is 0.259 e. The molecule has 0 fully saturated rings. The summed E-state index contributed by atoms with van der Waals surface area (Å²) in [4.78, 5) is 12.0. The maximum atomic E-state index is 12.0. The standard InChI is InChI=1S/C15H12ClNO2/c1-2-10-4-3-5-12(8-10)17-15(19)13-9-11(16)6-7-14(13)18/h2-9,18H,1H2,(H,17,19). The summed E-state index contributed by atoms with van der Waals surface area (Å²) in [6, 6.07) is 11.6. The van der Waals surface area contributed by atoms with Crippen molar-refractivity contribution in [2.45, 2.75) is 0 Å². The summed E-state index contributed by atoms with van der Waals surface area (Å²) < 4.78 is 0. The molecule has 0 atom stereocenters. The van der Waals surface area contributed by atoms with Crippen molar-refractivity contribution < 1.29 is 9.90 Å². The lowest BCUT2D eigenvalue weighted by Gasteiger charge is -2.08. The Hall–Kier alpha value is -2.26. The van der Waals surface area contributed by atoms with Crippen LogP contribution >= 0.6 is 11.6 Å². The number of rotatable bonds is 3. The van der Waals surface area contributed by atoms with Crippen LogP contribution in [0.1, 0.15) is 15.9 Å². The van der Waals surface area contributed by atoms with Gasteiger partial charge < -0.3 is 10.4 Å². The largest absolute Gasteiger partial charge is 0.507 e. The number of anilines is 1. The third-order valence-corrected chi connectivity index (χ3v) is 2.82. The van der Waals surface area contributed by atoms with Crippen molar-refractivity contribution in [2.75, 3.05) is 5.32 Å². The normalized spacial score (nSPS) is 9.95. The smallest absolute Gasteiger partial charge is 0.259 e. The van der Waals surface area contributed by atoms with Crippen LogP contribution in [0.4, 0.5) is 5.69 Å². The SMILES string of the molecule is C=Cc1cccc(NC(=O)c2cc(Cl)ccc2O)c1. The van der Waals surface area contributed by atoms with E-state index in [1.54, 1.807) is 18.2 Å². The van der Waals surface area contributed by atoms with Gasteiger partial charge in [-0.25, -0.2) is 0 Å². The molecule has 2 aromatic carbocycles. The Morgan fingerprint density at radius 3 is 2.79 bits per heavy atom. The van der Waals surface area contributed by atoms with Crippen molar-refractivity contribution in [1.29, 1.82) is 0 Å². The highest BCUT2D eigenvalue weighted by atomic mass is 35.5. The Bertz CT molecular complexity index is 638. The summed E-state index contributed by atoms with van der Waals surface area (Å²) in [6.07, 6.45) is 1.69. The first-order valence-electron chi connectivity index (χ1n) is 5.62. The van der Waals surface area contributed by atoms with E-state index in [-0.39, 0.29) is 11.3 Å². The number of aromatic hydroxyl groups is 1. The summed E-state index contributed by atoms with van der Waals surface area (Å²) in [5.74, 6) is -0.525. The zero-order valence-electron chi connectivity index (χ0n) is 10.1. The minimum Gasteiger partial charge on any atom is -0.507 e. The lowest BCUT2D eigenvalue weighted by molar-refractivity contribution is 0.102. The van der Waals surface area contributed by atoms with Gasteiger partial charge in [0.15, 0.2) is 0 Å². The molecule has 3 nitrogen and oxygen atoms in total. The number of nitrogens with one attached hydrogen (secondary N) is 1. The predicted molar refractivity (Wildman–Crippen MR) is 77.6 cm³/mol. The van der Waals surface area contributed by atoms with Gasteiger partial charge in [-0.05, 0) is 35.9 Å². The molecule has 0 bridgehead atoms. The van der Waals surface area contributed by atoms with E-state index in [1.807, 2.05) is 12.1 Å². The second kappa shape index (κ2) is 5.59. The van der Waals surface area contributed by atoms with Crippen molar-refractivity contribution in [3.8, 4) is 5.75 Å². The van der Waals surface area contributed by atoms with Crippen LogP contribution in [0.5, 0.6) is 5.75 Å². The highest BCUT2D eigenvalue weighted by molar-refractivity contribution is 6.31. The number of hydrogen-bond donors (Lipinski definition) is 2. The molecule has 96 valence electrons. The molecule has 0 aliphatic carbocycles. The minimum atomic E-state index is -0.416. The molecule has 2 aromatic rings. The number of carbonyl (C=O) groups excluding carboxylic acids is 1. The van der Waals surface area contributed by atoms with Crippen LogP contribution in [0.15, 0.2) is 49.0 Å². The van der Waals surface area contributed by atoms with E-state index in [1.165, 1.54) is 18.2 Å². The molecule has 4 heteroatoms. The van der Waals surface area contributed by atoms with Crippen LogP contribution in [0.3, 0.4) is 0 Å². The van der Waals surface area contributed by atoms with Crippen LogP contribution < -0.4 is 5.32 Å². The molecule has 0 radical (unpaired) electrons. The summed E-state index contributed by atoms with van der Waals surface area (Å²) in [5, 5.41) is 12.7. The molecule has 0 heterocycles. The Morgan fingerprint density at radius 1 is 1.26 bits per heavy atom. The summed E-state index contributed by atoms with van der Waals surface area (Å²) >= 11 is 5.81. The first kappa shape index (κ1) is 13.2. The number of hydrogen-bond acceptors (Lipinski definition) is 2. The van der Waals surface area contributed by atoms with Gasteiger partial charge in [-0.3, -0.25) is 4.79 Å². The number of benzene rings is 2. The van der Waals surface area contributed by atoms with E-state index in [9.17, 15) is 9.90 Å². The Morgan fingerprint density at radius 2 is 2.05 bits per heavy atom. The first-order valence-corrected chi connectivity index (χ1v) is 6.00. The highest BCUT2D eigenvalue weighted by Gasteiger charge is 2.11. The van der Waals surface area contributed by atoms with Crippen molar-refractivity contribution in [2.24, 2.45) is 0 Å². The van der Waals surface area contributed by atoms with Crippen LogP contribution in [-0.2, 0) is 0 Å². The molecule has 19 heavy (non-hydrogen) atoms. The average Bonchev–Trinajstić information content (AvgIpc) is 2.41. The predicted octanol–water partition coefficient (Wildman–Crippen LogP) is 3.94. The molecule has 0 aliphatic heterocycles. The quantitative estimate of drug-likeness (QED) is 0.890. The van der Waals surface area contributed by atoms with Gasteiger partial charge in [0.05, 0.1) is 5.56 Å². The molecule has 0 spiro atoms. The van der Waals surface area contributed by atoms with E-state index in [0.717, 1.165) is 5.56 Å². The van der Waals surface area contributed by atoms with E-state index in [4.69, 9.17) is 11.6 Å². The molecule has 0 saturated carbocycles. The summed E-state index contributed by atoms with van der Waals surface area (Å²) in [7, 11) is 0. The van der Waals surface area contributed by atoms with Crippen molar-refractivity contribution >= 4 is 29.3 Å². The van der Waals surface area contributed by atoms with Gasteiger partial charge in [0.2, 0.25) is 0 Å². The zero-order chi connectivity index (χ0) is 13.8. The molecule has 2 rings (SSSR count). The van der Waals surface area contributed by atoms with Crippen molar-refractivity contribution in [3.63, 3.8) is 0 Å². The van der Waals surface area contributed by atoms with Gasteiger partial charge in [0.25, 0.3) is 5.91 Å². The molecule has 0 aromatic heterocycles. The molecular weight excluding hydrogens is 262 g/mol. The van der Waals surface area contributed by atoms with Gasteiger partial charge >= 0.3 is 0 Å². The molecule has 0 aliphatic rings. The fourth-order valence-corrected chi connectivity index (χ4v) is 1.80. The van der Waals surface area contributed by atoms with Crippen LogP contribution in [0.2, 0.25) is 5.02 Å². The molecular formula is C15H12ClNO2. The van der Waals surface area contributed by atoms with Crippen LogP contribution in [0.25, 0.3) is 6.08 Å². The molecule has 0 unspecified atom stereocenters. The third kappa shape index (κ3) is 3.14. The topological polar surface area (TPSA) is 49.3 Å². The van der Waals surface area contributed by atoms with Crippen LogP contribution in [-0.4, -0.2) is 11.0 Å². The second-order valence-electron chi connectivity index (χ2n) is 3.95. The first-order chi connectivity index (χ1) is 9.10. The third-order valence-electron chi connectivity index (χ3n) is 2.58. The summed E-state index contributed by atoms with van der Waals surface area (Å²) in [5.41, 5.74) is 1.66. The highest BCUT2D eigenvalue weighted by Crippen LogP contribution is 2.23. The van der Waals surface area contributed by atoms with Gasteiger partial charge in [-0.2, -0.15) is 0 Å². The fraction of sp³-hybridized carbons (Fsp3) is 0. The summed E-state index contributed by atoms with van der Waals surface area (Å²) in [6.45, 7) is 3.66. The number of halogens is 1. The van der Waals surface area contributed by atoms with Gasteiger partial charge in [-0.15, -0.1) is 0 Å². The average molecular weight is 274 g/mol.